The van der Waals surface area contributed by atoms with Gasteiger partial charge >= 0.3 is 0 Å². The van der Waals surface area contributed by atoms with Gasteiger partial charge in [0.2, 0.25) is 0 Å². The van der Waals surface area contributed by atoms with Crippen molar-refractivity contribution in [1.82, 2.24) is 0 Å². The molecule has 0 saturated heterocycles. The van der Waals surface area contributed by atoms with Gasteiger partial charge in [-0.15, -0.1) is 0 Å². The second-order valence-electron chi connectivity index (χ2n) is 3.63. The molecular weight excluding hydrogens is 276 g/mol. The van der Waals surface area contributed by atoms with Gasteiger partial charge in [0.05, 0.1) is 39.6 Å². The fraction of sp³-hybridized carbons (Fsp3) is 0.615. The highest BCUT2D eigenvalue weighted by Gasteiger charge is 1.93. The Balaban J connectivity index is 3.15. The van der Waals surface area contributed by atoms with Crippen molar-refractivity contribution >= 4 is 6.21 Å². The lowest BCUT2D eigenvalue weighted by atomic mass is 10.4. The van der Waals surface area contributed by atoms with Crippen molar-refractivity contribution in [2.75, 3.05) is 52.8 Å². The van der Waals surface area contributed by atoms with Gasteiger partial charge < -0.3 is 24.4 Å². The Labute approximate surface area is 124 Å². The van der Waals surface area contributed by atoms with Gasteiger partial charge in [-0.2, -0.15) is 0 Å². The Morgan fingerprint density at radius 3 is 2.19 bits per heavy atom. The van der Waals surface area contributed by atoms with Crippen molar-refractivity contribution in [2.45, 2.75) is 0 Å². The van der Waals surface area contributed by atoms with Crippen LogP contribution in [0.2, 0.25) is 0 Å². The van der Waals surface area contributed by atoms with Gasteiger partial charge in [-0.3, -0.25) is 0 Å². The largest absolute Gasteiger partial charge is 0.492 e. The maximum Gasteiger partial charge on any atom is 0.112 e. The maximum absolute atomic E-state index is 8.03. The normalized spacial score (nSPS) is 10.3. The van der Waals surface area contributed by atoms with E-state index in [-0.39, 0.29) is 0 Å². The Hall–Kier alpha value is -1.86. The van der Waals surface area contributed by atoms with Gasteiger partial charge in [0, 0.05) is 17.7 Å². The molecule has 0 aliphatic carbocycles. The van der Waals surface area contributed by atoms with Crippen molar-refractivity contribution in [3.63, 3.8) is 0 Å². The zero-order chi connectivity index (χ0) is 15.6. The minimum atomic E-state index is 0.333. The van der Waals surface area contributed by atoms with Crippen LogP contribution in [0.5, 0.6) is 0 Å². The molecule has 0 radical (unpaired) electrons. The summed E-state index contributed by atoms with van der Waals surface area (Å²) in [5.74, 6) is 0.497. The molecule has 0 amide bonds. The second-order valence-corrected chi connectivity index (χ2v) is 3.63. The molecule has 0 atom stereocenters. The summed E-state index contributed by atoms with van der Waals surface area (Å²) in [6, 6.07) is 0. The number of rotatable bonds is 15. The van der Waals surface area contributed by atoms with E-state index in [4.69, 9.17) is 29.9 Å². The molecule has 0 aromatic heterocycles. The highest BCUT2D eigenvalue weighted by Crippen LogP contribution is 1.94. The fourth-order valence-corrected chi connectivity index (χ4v) is 1.13. The molecule has 0 rings (SSSR count). The van der Waals surface area contributed by atoms with Gasteiger partial charge in [-0.05, 0) is 17.7 Å². The molecule has 118 valence electrons. The predicted molar refractivity (Wildman–Crippen MR) is 79.5 cm³/mol. The Morgan fingerprint density at radius 1 is 1.05 bits per heavy atom. The van der Waals surface area contributed by atoms with E-state index in [0.29, 0.717) is 58.6 Å². The van der Waals surface area contributed by atoms with Crippen LogP contribution in [0.3, 0.4) is 0 Å². The monoisotopic (exact) mass is 298 g/mol. The van der Waals surface area contributed by atoms with E-state index in [1.165, 1.54) is 6.08 Å². The average Bonchev–Trinajstić information content (AvgIpc) is 2.49. The van der Waals surface area contributed by atoms with Gasteiger partial charge in [0.1, 0.15) is 12.4 Å². The second kappa shape index (κ2) is 16.2. The minimum Gasteiger partial charge on any atom is -0.492 e. The molecule has 0 unspecified atom stereocenters. The smallest absolute Gasteiger partial charge is 0.112 e. The van der Waals surface area contributed by atoms with Crippen LogP contribution in [-0.4, -0.2) is 59.0 Å². The molecule has 21 heavy (non-hydrogen) atoms. The summed E-state index contributed by atoms with van der Waals surface area (Å²) in [5.41, 5.74) is 8.03. The van der Waals surface area contributed by atoms with Crippen LogP contribution in [0, 0.1) is 5.41 Å². The molecule has 1 N–H and O–H groups in total. The Morgan fingerprint density at radius 2 is 1.62 bits per heavy atom. The lowest BCUT2D eigenvalue weighted by molar-refractivity contribution is 0.00656. The Kier molecular flexibility index (Phi) is 14.8. The van der Waals surface area contributed by atoms with E-state index >= 15 is 0 Å². The molecule has 0 fully saturated rings. The lowest BCUT2D eigenvalue weighted by Gasteiger charge is -2.07. The zero-order valence-corrected chi connectivity index (χ0v) is 12.1. The third kappa shape index (κ3) is 16.1. The molecule has 0 aromatic rings. The first-order chi connectivity index (χ1) is 10.3. The van der Waals surface area contributed by atoms with Crippen molar-refractivity contribution in [1.29, 1.82) is 5.41 Å². The van der Waals surface area contributed by atoms with Crippen molar-refractivity contribution in [2.24, 2.45) is 5.11 Å². The van der Waals surface area contributed by atoms with Crippen LogP contribution in [0.1, 0.15) is 0 Å². The summed E-state index contributed by atoms with van der Waals surface area (Å²) in [6.45, 7) is 7.13. The standard InChI is InChI=1S/C13H22N4O4/c1-13(3-2-4-14)21-12-11-20-10-9-19-8-7-18-6-5-16-17-15/h2-4,14H,1,5-12H2/b3-2-,14-4?. The molecule has 0 spiro atoms. The van der Waals surface area contributed by atoms with Crippen LogP contribution in [0.4, 0.5) is 0 Å². The predicted octanol–water partition coefficient (Wildman–Crippen LogP) is 2.08. The SMILES string of the molecule is C=C(/C=C\C=N)OCCOCCOCCOCCN=[N+]=[N-]. The van der Waals surface area contributed by atoms with E-state index in [9.17, 15) is 0 Å². The van der Waals surface area contributed by atoms with Crippen LogP contribution in [0.15, 0.2) is 29.6 Å². The quantitative estimate of drug-likeness (QED) is 0.0949. The van der Waals surface area contributed by atoms with Gasteiger partial charge in [0.15, 0.2) is 0 Å². The summed E-state index contributed by atoms with van der Waals surface area (Å²) in [4.78, 5) is 2.61. The number of nitrogens with one attached hydrogen (secondary N) is 1. The number of azide groups is 1. The van der Waals surface area contributed by atoms with Crippen LogP contribution in [0.25, 0.3) is 10.4 Å². The van der Waals surface area contributed by atoms with Gasteiger partial charge in [-0.1, -0.05) is 11.7 Å². The molecule has 0 saturated carbocycles. The summed E-state index contributed by atoms with van der Waals surface area (Å²) in [5, 5.41) is 10.1. The van der Waals surface area contributed by atoms with Crippen LogP contribution in [-0.2, 0) is 18.9 Å². The van der Waals surface area contributed by atoms with E-state index in [2.05, 4.69) is 16.6 Å². The first-order valence-electron chi connectivity index (χ1n) is 6.54. The third-order valence-electron chi connectivity index (χ3n) is 2.04. The summed E-state index contributed by atoms with van der Waals surface area (Å²) in [7, 11) is 0. The first kappa shape index (κ1) is 19.1. The Bertz CT molecular complexity index is 354. The van der Waals surface area contributed by atoms with Crippen molar-refractivity contribution in [3.8, 4) is 0 Å². The van der Waals surface area contributed by atoms with E-state index < -0.39 is 0 Å². The highest BCUT2D eigenvalue weighted by atomic mass is 16.6. The molecular formula is C13H22N4O4. The number of allylic oxidation sites excluding steroid dienone is 2. The summed E-state index contributed by atoms with van der Waals surface area (Å²) >= 11 is 0. The highest BCUT2D eigenvalue weighted by molar-refractivity contribution is 5.68. The fourth-order valence-electron chi connectivity index (χ4n) is 1.13. The molecule has 0 aliphatic heterocycles. The molecule has 0 aliphatic rings. The van der Waals surface area contributed by atoms with Gasteiger partial charge in [-0.25, -0.2) is 0 Å². The van der Waals surface area contributed by atoms with E-state index in [0.717, 1.165) is 6.21 Å². The summed E-state index contributed by atoms with van der Waals surface area (Å²) < 4.78 is 21.0. The molecule has 0 heterocycles. The number of nitrogens with zero attached hydrogens (tertiary/aromatic N) is 3. The topological polar surface area (TPSA) is 110 Å². The molecule has 0 aromatic carbocycles. The maximum atomic E-state index is 8.03. The van der Waals surface area contributed by atoms with E-state index in [1.807, 2.05) is 0 Å². The van der Waals surface area contributed by atoms with Gasteiger partial charge in [0.25, 0.3) is 0 Å². The molecule has 0 bridgehead atoms. The lowest BCUT2D eigenvalue weighted by Crippen LogP contribution is -2.12. The zero-order valence-electron chi connectivity index (χ0n) is 12.1. The van der Waals surface area contributed by atoms with Crippen molar-refractivity contribution < 1.29 is 18.9 Å². The minimum absolute atomic E-state index is 0.333. The van der Waals surface area contributed by atoms with E-state index in [1.54, 1.807) is 6.08 Å². The number of hydrogen-bond acceptors (Lipinski definition) is 6. The number of hydrogen-bond donors (Lipinski definition) is 1. The number of ether oxygens (including phenoxy) is 4. The summed E-state index contributed by atoms with van der Waals surface area (Å²) in [6.07, 6.45) is 4.30. The average molecular weight is 298 g/mol. The molecule has 8 heteroatoms. The third-order valence-corrected chi connectivity index (χ3v) is 2.04. The first-order valence-corrected chi connectivity index (χ1v) is 6.54. The molecule has 8 nitrogen and oxygen atoms in total. The van der Waals surface area contributed by atoms with Crippen LogP contribution < -0.4 is 0 Å². The van der Waals surface area contributed by atoms with Crippen LogP contribution >= 0.6 is 0 Å². The van der Waals surface area contributed by atoms with Crippen molar-refractivity contribution in [3.05, 3.63) is 34.9 Å².